The third-order valence-electron chi connectivity index (χ3n) is 5.19. The Bertz CT molecular complexity index is 856. The topological polar surface area (TPSA) is 77.6 Å². The van der Waals surface area contributed by atoms with Crippen molar-refractivity contribution < 1.29 is 9.59 Å². The van der Waals surface area contributed by atoms with E-state index in [2.05, 4.69) is 15.7 Å². The molecular weight excluding hydrogens is 342 g/mol. The van der Waals surface area contributed by atoms with Crippen molar-refractivity contribution in [3.05, 3.63) is 54.2 Å². The monoisotopic (exact) mass is 365 g/mol. The highest BCUT2D eigenvalue weighted by Gasteiger charge is 2.50. The molecule has 2 fully saturated rings. The van der Waals surface area contributed by atoms with E-state index in [1.807, 2.05) is 61.3 Å². The number of rotatable bonds is 3. The summed E-state index contributed by atoms with van der Waals surface area (Å²) in [5.74, 6) is -0.193. The fraction of sp³-hybridized carbons (Fsp3) is 0.350. The second-order valence-corrected chi connectivity index (χ2v) is 7.25. The molecule has 3 atom stereocenters. The van der Waals surface area contributed by atoms with E-state index in [9.17, 15) is 9.59 Å². The van der Waals surface area contributed by atoms with Crippen LogP contribution in [0.1, 0.15) is 5.69 Å². The van der Waals surface area contributed by atoms with E-state index in [1.165, 1.54) is 0 Å². The second-order valence-electron chi connectivity index (χ2n) is 7.25. The van der Waals surface area contributed by atoms with Crippen LogP contribution >= 0.6 is 0 Å². The van der Waals surface area contributed by atoms with Gasteiger partial charge >= 0.3 is 0 Å². The number of carbonyl (C=O) groups excluding carboxylic acids is 2. The number of hydrazine groups is 1. The molecule has 0 bridgehead atoms. The minimum Gasteiger partial charge on any atom is -0.310 e. The lowest BCUT2D eigenvalue weighted by atomic mass is 9.84. The Balaban J connectivity index is 1.56. The van der Waals surface area contributed by atoms with Crippen LogP contribution in [0.5, 0.6) is 0 Å². The number of nitrogens with one attached hydrogen (secondary N) is 2. The zero-order chi connectivity index (χ0) is 19.0. The number of piperidine rings is 1. The Morgan fingerprint density at radius 1 is 1.15 bits per heavy atom. The van der Waals surface area contributed by atoms with Gasteiger partial charge in [-0.1, -0.05) is 24.3 Å². The van der Waals surface area contributed by atoms with E-state index in [4.69, 9.17) is 0 Å². The first-order valence-corrected chi connectivity index (χ1v) is 9.11. The van der Waals surface area contributed by atoms with Gasteiger partial charge in [-0.2, -0.15) is 0 Å². The van der Waals surface area contributed by atoms with Gasteiger partial charge in [-0.3, -0.25) is 9.59 Å². The van der Waals surface area contributed by atoms with Crippen molar-refractivity contribution in [3.63, 3.8) is 0 Å². The van der Waals surface area contributed by atoms with E-state index in [-0.39, 0.29) is 29.7 Å². The first-order chi connectivity index (χ1) is 13.0. The summed E-state index contributed by atoms with van der Waals surface area (Å²) in [5, 5.41) is 4.49. The summed E-state index contributed by atoms with van der Waals surface area (Å²) in [7, 11) is 1.94. The third kappa shape index (κ3) is 3.43. The van der Waals surface area contributed by atoms with Crippen LogP contribution in [0.25, 0.3) is 0 Å². The van der Waals surface area contributed by atoms with Gasteiger partial charge in [0.05, 0.1) is 23.6 Å². The number of pyridine rings is 1. The average molecular weight is 365 g/mol. The molecule has 3 heterocycles. The molecule has 2 amide bonds. The highest BCUT2D eigenvalue weighted by atomic mass is 16.2. The van der Waals surface area contributed by atoms with Crippen LogP contribution in [0.3, 0.4) is 0 Å². The van der Waals surface area contributed by atoms with Crippen LogP contribution in [0.4, 0.5) is 11.5 Å². The predicted molar refractivity (Wildman–Crippen MR) is 103 cm³/mol. The van der Waals surface area contributed by atoms with Crippen LogP contribution in [0, 0.1) is 18.8 Å². The predicted octanol–water partition coefficient (Wildman–Crippen LogP) is 1.43. The van der Waals surface area contributed by atoms with Crippen LogP contribution in [0.2, 0.25) is 0 Å². The number of aryl methyl sites for hydroxylation is 1. The van der Waals surface area contributed by atoms with Gasteiger partial charge in [-0.05, 0) is 38.2 Å². The van der Waals surface area contributed by atoms with Gasteiger partial charge in [0.2, 0.25) is 11.8 Å². The number of fused-ring (bicyclic) bond motifs is 1. The molecule has 3 unspecified atom stereocenters. The number of aromatic nitrogens is 1. The molecule has 4 rings (SSSR count). The molecule has 140 valence electrons. The molecule has 0 spiro atoms. The lowest BCUT2D eigenvalue weighted by molar-refractivity contribution is -0.125. The first kappa shape index (κ1) is 17.6. The average Bonchev–Trinajstić information content (AvgIpc) is 2.98. The van der Waals surface area contributed by atoms with Crippen molar-refractivity contribution in [2.45, 2.75) is 13.0 Å². The molecule has 0 radical (unpaired) electrons. The van der Waals surface area contributed by atoms with Crippen molar-refractivity contribution in [1.29, 1.82) is 0 Å². The van der Waals surface area contributed by atoms with E-state index < -0.39 is 0 Å². The van der Waals surface area contributed by atoms with Crippen molar-refractivity contribution in [3.8, 4) is 0 Å². The number of benzene rings is 1. The largest absolute Gasteiger partial charge is 0.310 e. The lowest BCUT2D eigenvalue weighted by Crippen LogP contribution is -2.55. The summed E-state index contributed by atoms with van der Waals surface area (Å²) in [4.78, 5) is 32.3. The third-order valence-corrected chi connectivity index (χ3v) is 5.19. The molecule has 0 aliphatic carbocycles. The fourth-order valence-electron chi connectivity index (χ4n) is 3.90. The summed E-state index contributed by atoms with van der Waals surface area (Å²) in [6, 6.07) is 14.8. The summed E-state index contributed by atoms with van der Waals surface area (Å²) in [5.41, 5.74) is 4.92. The minimum atomic E-state index is -0.353. The van der Waals surface area contributed by atoms with Crippen molar-refractivity contribution >= 4 is 23.3 Å². The van der Waals surface area contributed by atoms with Gasteiger partial charge in [-0.15, -0.1) is 0 Å². The molecule has 1 aromatic carbocycles. The number of para-hydroxylation sites is 1. The van der Waals surface area contributed by atoms with Gasteiger partial charge in [0.15, 0.2) is 0 Å². The highest BCUT2D eigenvalue weighted by Crippen LogP contribution is 2.31. The van der Waals surface area contributed by atoms with Gasteiger partial charge in [0.1, 0.15) is 5.82 Å². The maximum atomic E-state index is 13.0. The van der Waals surface area contributed by atoms with Gasteiger partial charge in [0, 0.05) is 18.8 Å². The van der Waals surface area contributed by atoms with Crippen LogP contribution in [-0.4, -0.2) is 47.9 Å². The number of nitrogens with zero attached hydrogens (tertiary/aromatic N) is 3. The van der Waals surface area contributed by atoms with E-state index in [0.29, 0.717) is 18.9 Å². The normalized spacial score (nSPS) is 25.3. The molecule has 7 nitrogen and oxygen atoms in total. The Morgan fingerprint density at radius 2 is 1.93 bits per heavy atom. The molecule has 27 heavy (non-hydrogen) atoms. The Hall–Kier alpha value is -2.77. The fourth-order valence-corrected chi connectivity index (χ4v) is 3.90. The van der Waals surface area contributed by atoms with Crippen molar-refractivity contribution in [2.75, 3.05) is 30.5 Å². The van der Waals surface area contributed by atoms with Crippen LogP contribution in [0.15, 0.2) is 48.5 Å². The summed E-state index contributed by atoms with van der Waals surface area (Å²) in [6.07, 6.45) is 0. The quantitative estimate of drug-likeness (QED) is 0.860. The lowest BCUT2D eigenvalue weighted by Gasteiger charge is -2.36. The standard InChI is InChI=1S/C20H23N5O2/c1-13-7-6-10-17(21-13)22-19(26)15-11-24(2)12-16-18(15)23-25(20(16)27)14-8-4-3-5-9-14/h3-10,15-16,18,23H,11-12H2,1-2H3,(H,21,22,26). The van der Waals surface area contributed by atoms with Crippen molar-refractivity contribution in [1.82, 2.24) is 15.3 Å². The Labute approximate surface area is 158 Å². The number of amides is 2. The summed E-state index contributed by atoms with van der Waals surface area (Å²) in [6.45, 7) is 3.10. The molecule has 1 aromatic heterocycles. The Kier molecular flexibility index (Phi) is 4.63. The highest BCUT2D eigenvalue weighted by molar-refractivity contribution is 5.99. The minimum absolute atomic E-state index is 0.00392. The molecule has 7 heteroatoms. The molecule has 2 saturated heterocycles. The van der Waals surface area contributed by atoms with E-state index in [1.54, 1.807) is 11.1 Å². The second kappa shape index (κ2) is 7.09. The number of hydrogen-bond donors (Lipinski definition) is 2. The zero-order valence-electron chi connectivity index (χ0n) is 15.4. The molecule has 2 N–H and O–H groups in total. The number of likely N-dealkylation sites (tertiary alicyclic amines) is 1. The number of anilines is 2. The smallest absolute Gasteiger partial charge is 0.247 e. The van der Waals surface area contributed by atoms with Crippen LogP contribution < -0.4 is 15.8 Å². The molecule has 2 aliphatic heterocycles. The van der Waals surface area contributed by atoms with E-state index >= 15 is 0 Å². The van der Waals surface area contributed by atoms with Gasteiger partial charge in [-0.25, -0.2) is 15.4 Å². The molecule has 0 saturated carbocycles. The molecule has 2 aliphatic rings. The molecule has 2 aromatic rings. The SMILES string of the molecule is Cc1cccc(NC(=O)C2CN(C)CC3C(=O)N(c4ccccc4)NC23)n1. The molecular formula is C20H23N5O2. The number of hydrogen-bond acceptors (Lipinski definition) is 5. The van der Waals surface area contributed by atoms with Crippen molar-refractivity contribution in [2.24, 2.45) is 11.8 Å². The Morgan fingerprint density at radius 3 is 2.67 bits per heavy atom. The van der Waals surface area contributed by atoms with Crippen LogP contribution in [-0.2, 0) is 9.59 Å². The number of carbonyl (C=O) groups is 2. The first-order valence-electron chi connectivity index (χ1n) is 9.11. The van der Waals surface area contributed by atoms with Gasteiger partial charge < -0.3 is 10.2 Å². The maximum absolute atomic E-state index is 13.0. The summed E-state index contributed by atoms with van der Waals surface area (Å²) < 4.78 is 0. The maximum Gasteiger partial charge on any atom is 0.247 e. The summed E-state index contributed by atoms with van der Waals surface area (Å²) >= 11 is 0. The zero-order valence-corrected chi connectivity index (χ0v) is 15.4. The van der Waals surface area contributed by atoms with Gasteiger partial charge in [0.25, 0.3) is 0 Å². The van der Waals surface area contributed by atoms with E-state index in [0.717, 1.165) is 11.4 Å².